The van der Waals surface area contributed by atoms with Crippen LogP contribution in [0.4, 0.5) is 0 Å². The molecule has 0 aliphatic heterocycles. The summed E-state index contributed by atoms with van der Waals surface area (Å²) in [7, 11) is 0. The lowest BCUT2D eigenvalue weighted by Crippen LogP contribution is -1.98. The van der Waals surface area contributed by atoms with E-state index in [-0.39, 0.29) is 0 Å². The van der Waals surface area contributed by atoms with Gasteiger partial charge >= 0.3 is 0 Å². The van der Waals surface area contributed by atoms with Crippen LogP contribution in [0.1, 0.15) is 31.5 Å². The van der Waals surface area contributed by atoms with Crippen LogP contribution in [0.5, 0.6) is 0 Å². The van der Waals surface area contributed by atoms with Crippen molar-refractivity contribution in [2.45, 2.75) is 40.2 Å². The predicted molar refractivity (Wildman–Crippen MR) is 72.9 cm³/mol. The SMILES string of the molecule is CCc1nc(CC)c(-c2n[nH]c(=S)n2CC)s1. The maximum absolute atomic E-state index is 5.22. The van der Waals surface area contributed by atoms with Crippen LogP contribution in [-0.4, -0.2) is 19.7 Å². The summed E-state index contributed by atoms with van der Waals surface area (Å²) in [6, 6.07) is 0. The number of aromatic nitrogens is 4. The first-order valence-corrected chi connectivity index (χ1v) is 7.07. The van der Waals surface area contributed by atoms with Gasteiger partial charge in [-0.25, -0.2) is 4.98 Å². The van der Waals surface area contributed by atoms with Gasteiger partial charge < -0.3 is 0 Å². The van der Waals surface area contributed by atoms with Gasteiger partial charge in [0.2, 0.25) is 0 Å². The Kier molecular flexibility index (Phi) is 3.73. The van der Waals surface area contributed by atoms with Crippen LogP contribution in [0.15, 0.2) is 0 Å². The van der Waals surface area contributed by atoms with Crippen LogP contribution in [0.25, 0.3) is 10.7 Å². The highest BCUT2D eigenvalue weighted by Crippen LogP contribution is 2.29. The molecular formula is C11H16N4S2. The maximum Gasteiger partial charge on any atom is 0.195 e. The van der Waals surface area contributed by atoms with Crippen molar-refractivity contribution in [3.63, 3.8) is 0 Å². The molecule has 0 unspecified atom stereocenters. The molecule has 0 amide bonds. The number of hydrogen-bond donors (Lipinski definition) is 1. The summed E-state index contributed by atoms with van der Waals surface area (Å²) >= 11 is 6.94. The molecule has 0 aromatic carbocycles. The molecule has 1 N–H and O–H groups in total. The highest BCUT2D eigenvalue weighted by molar-refractivity contribution is 7.71. The van der Waals surface area contributed by atoms with E-state index in [0.717, 1.165) is 40.8 Å². The molecule has 6 heteroatoms. The first-order valence-electron chi connectivity index (χ1n) is 5.85. The van der Waals surface area contributed by atoms with Crippen molar-refractivity contribution in [2.75, 3.05) is 0 Å². The van der Waals surface area contributed by atoms with Gasteiger partial charge in [0.1, 0.15) is 0 Å². The molecule has 2 rings (SSSR count). The van der Waals surface area contributed by atoms with Gasteiger partial charge in [0.05, 0.1) is 15.6 Å². The Labute approximate surface area is 110 Å². The van der Waals surface area contributed by atoms with Crippen molar-refractivity contribution in [1.82, 2.24) is 19.7 Å². The topological polar surface area (TPSA) is 46.5 Å². The fraction of sp³-hybridized carbons (Fsp3) is 0.545. The molecule has 2 aromatic heterocycles. The number of thiazole rings is 1. The lowest BCUT2D eigenvalue weighted by atomic mass is 10.3. The molecular weight excluding hydrogens is 252 g/mol. The van der Waals surface area contributed by atoms with E-state index in [9.17, 15) is 0 Å². The number of nitrogens with zero attached hydrogens (tertiary/aromatic N) is 3. The third kappa shape index (κ3) is 2.19. The van der Waals surface area contributed by atoms with Gasteiger partial charge in [0.15, 0.2) is 10.6 Å². The van der Waals surface area contributed by atoms with Crippen LogP contribution in [0.3, 0.4) is 0 Å². The van der Waals surface area contributed by atoms with Crippen molar-refractivity contribution < 1.29 is 0 Å². The summed E-state index contributed by atoms with van der Waals surface area (Å²) in [6.45, 7) is 7.14. The highest BCUT2D eigenvalue weighted by Gasteiger charge is 2.16. The number of aryl methyl sites for hydroxylation is 2. The normalized spacial score (nSPS) is 11.0. The van der Waals surface area contributed by atoms with Crippen LogP contribution in [0.2, 0.25) is 0 Å². The largest absolute Gasteiger partial charge is 0.300 e. The minimum absolute atomic E-state index is 0.677. The zero-order chi connectivity index (χ0) is 12.4. The minimum atomic E-state index is 0.677. The average molecular weight is 268 g/mol. The molecule has 0 saturated heterocycles. The Morgan fingerprint density at radius 1 is 1.29 bits per heavy atom. The molecule has 92 valence electrons. The molecule has 0 radical (unpaired) electrons. The van der Waals surface area contributed by atoms with E-state index >= 15 is 0 Å². The second-order valence-corrected chi connectivity index (χ2v) is 5.16. The molecule has 0 atom stereocenters. The van der Waals surface area contributed by atoms with Crippen molar-refractivity contribution >= 4 is 23.6 Å². The quantitative estimate of drug-likeness (QED) is 0.866. The van der Waals surface area contributed by atoms with Gasteiger partial charge in [0.25, 0.3) is 0 Å². The molecule has 2 heterocycles. The second kappa shape index (κ2) is 5.10. The molecule has 0 aliphatic rings. The zero-order valence-corrected chi connectivity index (χ0v) is 11.9. The van der Waals surface area contributed by atoms with E-state index in [4.69, 9.17) is 12.2 Å². The first kappa shape index (κ1) is 12.4. The van der Waals surface area contributed by atoms with Gasteiger partial charge in [-0.1, -0.05) is 13.8 Å². The molecule has 17 heavy (non-hydrogen) atoms. The smallest absolute Gasteiger partial charge is 0.195 e. The van der Waals surface area contributed by atoms with Crippen molar-refractivity contribution in [3.8, 4) is 10.7 Å². The molecule has 2 aromatic rings. The lowest BCUT2D eigenvalue weighted by molar-refractivity contribution is 0.755. The molecule has 0 spiro atoms. The van der Waals surface area contributed by atoms with Gasteiger partial charge in [-0.3, -0.25) is 9.67 Å². The van der Waals surface area contributed by atoms with Crippen LogP contribution in [0, 0.1) is 4.77 Å². The van der Waals surface area contributed by atoms with Crippen molar-refractivity contribution in [1.29, 1.82) is 0 Å². The standard InChI is InChI=1S/C11H16N4S2/c1-4-7-9(17-8(5-2)12-7)10-13-14-11(16)15(10)6-3/h4-6H2,1-3H3,(H,14,16). The third-order valence-corrected chi connectivity index (χ3v) is 4.21. The summed E-state index contributed by atoms with van der Waals surface area (Å²) in [5, 5.41) is 8.35. The maximum atomic E-state index is 5.22. The van der Waals surface area contributed by atoms with E-state index in [1.807, 2.05) is 4.57 Å². The Morgan fingerprint density at radius 2 is 2.06 bits per heavy atom. The second-order valence-electron chi connectivity index (χ2n) is 3.69. The van der Waals surface area contributed by atoms with E-state index in [1.54, 1.807) is 11.3 Å². The van der Waals surface area contributed by atoms with E-state index in [1.165, 1.54) is 0 Å². The number of nitrogens with one attached hydrogen (secondary N) is 1. The number of aromatic amines is 1. The van der Waals surface area contributed by atoms with Crippen LogP contribution < -0.4 is 0 Å². The van der Waals surface area contributed by atoms with Crippen LogP contribution in [-0.2, 0) is 19.4 Å². The van der Waals surface area contributed by atoms with Gasteiger partial charge in [-0.15, -0.1) is 11.3 Å². The zero-order valence-electron chi connectivity index (χ0n) is 10.3. The van der Waals surface area contributed by atoms with Crippen molar-refractivity contribution in [3.05, 3.63) is 15.5 Å². The highest BCUT2D eigenvalue weighted by atomic mass is 32.1. The van der Waals surface area contributed by atoms with Gasteiger partial charge in [-0.05, 0) is 32.0 Å². The fourth-order valence-corrected chi connectivity index (χ4v) is 3.10. The molecule has 0 saturated carbocycles. The van der Waals surface area contributed by atoms with Gasteiger partial charge in [-0.2, -0.15) is 5.10 Å². The number of H-pyrrole nitrogens is 1. The Hall–Kier alpha value is -1.01. The Balaban J connectivity index is 2.58. The van der Waals surface area contributed by atoms with Crippen LogP contribution >= 0.6 is 23.6 Å². The van der Waals surface area contributed by atoms with Crippen molar-refractivity contribution in [2.24, 2.45) is 0 Å². The Bertz CT molecular complexity index is 564. The summed E-state index contributed by atoms with van der Waals surface area (Å²) < 4.78 is 2.69. The van der Waals surface area contributed by atoms with E-state index < -0.39 is 0 Å². The number of rotatable bonds is 4. The van der Waals surface area contributed by atoms with Gasteiger partial charge in [0, 0.05) is 6.54 Å². The summed E-state index contributed by atoms with van der Waals surface area (Å²) in [6.07, 6.45) is 1.89. The lowest BCUT2D eigenvalue weighted by Gasteiger charge is -2.01. The molecule has 0 aliphatic carbocycles. The van der Waals surface area contributed by atoms with E-state index in [0.29, 0.717) is 4.77 Å². The molecule has 0 fully saturated rings. The first-order chi connectivity index (χ1) is 8.21. The Morgan fingerprint density at radius 3 is 2.65 bits per heavy atom. The van der Waals surface area contributed by atoms with E-state index in [2.05, 4.69) is 36.0 Å². The summed E-state index contributed by atoms with van der Waals surface area (Å²) in [5.74, 6) is 0.923. The summed E-state index contributed by atoms with van der Waals surface area (Å²) in [4.78, 5) is 5.78. The third-order valence-electron chi connectivity index (χ3n) is 2.66. The predicted octanol–water partition coefficient (Wildman–Crippen LogP) is 3.21. The fourth-order valence-electron chi connectivity index (χ4n) is 1.75. The average Bonchev–Trinajstić information content (AvgIpc) is 2.91. The monoisotopic (exact) mass is 268 g/mol. The minimum Gasteiger partial charge on any atom is -0.300 e. The molecule has 0 bridgehead atoms. The molecule has 4 nitrogen and oxygen atoms in total. The number of hydrogen-bond acceptors (Lipinski definition) is 4. The summed E-state index contributed by atoms with van der Waals surface area (Å²) in [5.41, 5.74) is 1.12.